The van der Waals surface area contributed by atoms with Gasteiger partial charge in [0.25, 0.3) is 0 Å². The van der Waals surface area contributed by atoms with Crippen LogP contribution in [0.1, 0.15) is 57.2 Å². The van der Waals surface area contributed by atoms with Crippen LogP contribution in [0, 0.1) is 5.92 Å². The van der Waals surface area contributed by atoms with Crippen molar-refractivity contribution in [3.05, 3.63) is 33.8 Å². The Kier molecular flexibility index (Phi) is 7.21. The standard InChI is InChI=1S/C16H23BrF3N/c1-4-6-11(3)15(21-9-5-2)13-8-7-12(17)10-14(13)16(18,19)20/h7-8,10-11,15,21H,4-6,9H2,1-3H3. The molecule has 1 rings (SSSR count). The zero-order valence-electron chi connectivity index (χ0n) is 12.7. The number of benzene rings is 1. The number of rotatable bonds is 7. The van der Waals surface area contributed by atoms with E-state index in [2.05, 4.69) is 28.2 Å². The average molecular weight is 366 g/mol. The Hall–Kier alpha value is -0.550. The second kappa shape index (κ2) is 8.18. The molecule has 21 heavy (non-hydrogen) atoms. The van der Waals surface area contributed by atoms with Gasteiger partial charge in [0.15, 0.2) is 0 Å². The van der Waals surface area contributed by atoms with Crippen LogP contribution in [0.5, 0.6) is 0 Å². The van der Waals surface area contributed by atoms with Gasteiger partial charge in [-0.3, -0.25) is 0 Å². The Labute approximate surface area is 133 Å². The van der Waals surface area contributed by atoms with Crippen LogP contribution < -0.4 is 5.32 Å². The van der Waals surface area contributed by atoms with Crippen molar-refractivity contribution in [2.24, 2.45) is 5.92 Å². The molecule has 1 aromatic rings. The normalized spacial score (nSPS) is 15.0. The lowest BCUT2D eigenvalue weighted by Gasteiger charge is -2.28. The molecule has 1 aromatic carbocycles. The summed E-state index contributed by atoms with van der Waals surface area (Å²) in [4.78, 5) is 0. The number of hydrogen-bond acceptors (Lipinski definition) is 1. The van der Waals surface area contributed by atoms with Gasteiger partial charge in [-0.25, -0.2) is 0 Å². The summed E-state index contributed by atoms with van der Waals surface area (Å²) in [6, 6.07) is 4.18. The Balaban J connectivity index is 3.22. The van der Waals surface area contributed by atoms with Gasteiger partial charge in [-0.1, -0.05) is 49.2 Å². The van der Waals surface area contributed by atoms with Crippen molar-refractivity contribution in [2.75, 3.05) is 6.54 Å². The number of hydrogen-bond donors (Lipinski definition) is 1. The first kappa shape index (κ1) is 18.5. The Bertz CT molecular complexity index is 446. The average Bonchev–Trinajstić information content (AvgIpc) is 2.39. The second-order valence-corrected chi connectivity index (χ2v) is 6.34. The Morgan fingerprint density at radius 2 is 1.86 bits per heavy atom. The van der Waals surface area contributed by atoms with Gasteiger partial charge >= 0.3 is 6.18 Å². The van der Waals surface area contributed by atoms with Gasteiger partial charge in [-0.15, -0.1) is 0 Å². The highest BCUT2D eigenvalue weighted by Gasteiger charge is 2.36. The molecule has 0 bridgehead atoms. The summed E-state index contributed by atoms with van der Waals surface area (Å²) in [6.07, 6.45) is -1.58. The lowest BCUT2D eigenvalue weighted by molar-refractivity contribution is -0.138. The molecule has 2 unspecified atom stereocenters. The van der Waals surface area contributed by atoms with Gasteiger partial charge in [-0.05, 0) is 43.0 Å². The smallest absolute Gasteiger partial charge is 0.310 e. The first-order valence-electron chi connectivity index (χ1n) is 7.41. The SMILES string of the molecule is CCCNC(c1ccc(Br)cc1C(F)(F)F)C(C)CCC. The van der Waals surface area contributed by atoms with Crippen LogP contribution in [0.3, 0.4) is 0 Å². The minimum Gasteiger partial charge on any atom is -0.310 e. The summed E-state index contributed by atoms with van der Waals surface area (Å²) in [5.41, 5.74) is -0.200. The molecule has 0 aliphatic carbocycles. The molecular weight excluding hydrogens is 343 g/mol. The molecule has 0 fully saturated rings. The fourth-order valence-electron chi connectivity index (χ4n) is 2.58. The van der Waals surface area contributed by atoms with Crippen LogP contribution in [0.4, 0.5) is 13.2 Å². The van der Waals surface area contributed by atoms with Crippen LogP contribution in [-0.4, -0.2) is 6.54 Å². The monoisotopic (exact) mass is 365 g/mol. The van der Waals surface area contributed by atoms with E-state index in [1.807, 2.05) is 13.8 Å². The fraction of sp³-hybridized carbons (Fsp3) is 0.625. The molecule has 0 aliphatic heterocycles. The minimum absolute atomic E-state index is 0.156. The first-order chi connectivity index (χ1) is 9.81. The number of alkyl halides is 3. The Morgan fingerprint density at radius 1 is 1.19 bits per heavy atom. The van der Waals surface area contributed by atoms with Crippen molar-refractivity contribution in [1.82, 2.24) is 5.32 Å². The summed E-state index contributed by atoms with van der Waals surface area (Å²) in [5.74, 6) is 0.156. The number of halogens is 4. The third-order valence-electron chi connectivity index (χ3n) is 3.58. The highest BCUT2D eigenvalue weighted by molar-refractivity contribution is 9.10. The largest absolute Gasteiger partial charge is 0.416 e. The summed E-state index contributed by atoms with van der Waals surface area (Å²) in [6.45, 7) is 6.80. The van der Waals surface area contributed by atoms with Crippen molar-refractivity contribution < 1.29 is 13.2 Å². The van der Waals surface area contributed by atoms with Crippen LogP contribution in [0.15, 0.2) is 22.7 Å². The van der Waals surface area contributed by atoms with Crippen molar-refractivity contribution in [3.63, 3.8) is 0 Å². The predicted octanol–water partition coefficient (Wildman–Crippen LogP) is 5.94. The van der Waals surface area contributed by atoms with Crippen molar-refractivity contribution >= 4 is 15.9 Å². The van der Waals surface area contributed by atoms with E-state index in [9.17, 15) is 13.2 Å². The van der Waals surface area contributed by atoms with E-state index in [4.69, 9.17) is 0 Å². The van der Waals surface area contributed by atoms with Gasteiger partial charge in [0, 0.05) is 10.5 Å². The maximum Gasteiger partial charge on any atom is 0.416 e. The summed E-state index contributed by atoms with van der Waals surface area (Å²) < 4.78 is 40.4. The van der Waals surface area contributed by atoms with Crippen LogP contribution in [0.2, 0.25) is 0 Å². The Morgan fingerprint density at radius 3 is 2.38 bits per heavy atom. The molecular formula is C16H23BrF3N. The van der Waals surface area contributed by atoms with Crippen LogP contribution in [0.25, 0.3) is 0 Å². The maximum atomic E-state index is 13.3. The predicted molar refractivity (Wildman–Crippen MR) is 84.3 cm³/mol. The van der Waals surface area contributed by atoms with E-state index in [1.54, 1.807) is 12.1 Å². The molecule has 0 aliphatic rings. The molecule has 0 saturated heterocycles. The summed E-state index contributed by atoms with van der Waals surface area (Å²) in [7, 11) is 0. The van der Waals surface area contributed by atoms with Gasteiger partial charge in [-0.2, -0.15) is 13.2 Å². The fourth-order valence-corrected chi connectivity index (χ4v) is 2.95. The lowest BCUT2D eigenvalue weighted by atomic mass is 9.88. The van der Waals surface area contributed by atoms with Crippen molar-refractivity contribution in [1.29, 1.82) is 0 Å². The molecule has 0 heterocycles. The van der Waals surface area contributed by atoms with Crippen LogP contribution >= 0.6 is 15.9 Å². The summed E-state index contributed by atoms with van der Waals surface area (Å²) >= 11 is 3.14. The highest BCUT2D eigenvalue weighted by atomic mass is 79.9. The van der Waals surface area contributed by atoms with E-state index in [1.165, 1.54) is 6.07 Å². The van der Waals surface area contributed by atoms with Gasteiger partial charge in [0.2, 0.25) is 0 Å². The third kappa shape index (κ3) is 5.29. The van der Waals surface area contributed by atoms with Gasteiger partial charge in [0.1, 0.15) is 0 Å². The maximum absolute atomic E-state index is 13.3. The van der Waals surface area contributed by atoms with Crippen LogP contribution in [-0.2, 0) is 6.18 Å². The summed E-state index contributed by atoms with van der Waals surface area (Å²) in [5, 5.41) is 3.29. The second-order valence-electron chi connectivity index (χ2n) is 5.43. The molecule has 5 heteroatoms. The van der Waals surface area contributed by atoms with Gasteiger partial charge < -0.3 is 5.32 Å². The quantitative estimate of drug-likeness (QED) is 0.629. The molecule has 0 radical (unpaired) electrons. The van der Waals surface area contributed by atoms with E-state index >= 15 is 0 Å². The van der Waals surface area contributed by atoms with Crippen molar-refractivity contribution in [3.8, 4) is 0 Å². The number of nitrogens with one attached hydrogen (secondary N) is 1. The molecule has 1 N–H and O–H groups in total. The topological polar surface area (TPSA) is 12.0 Å². The molecule has 0 spiro atoms. The van der Waals surface area contributed by atoms with E-state index in [0.29, 0.717) is 16.6 Å². The first-order valence-corrected chi connectivity index (χ1v) is 8.20. The highest BCUT2D eigenvalue weighted by Crippen LogP contribution is 2.39. The molecule has 2 atom stereocenters. The van der Waals surface area contributed by atoms with E-state index < -0.39 is 11.7 Å². The van der Waals surface area contributed by atoms with Crippen molar-refractivity contribution in [2.45, 2.75) is 52.3 Å². The molecule has 0 aromatic heterocycles. The minimum atomic E-state index is -4.34. The zero-order valence-corrected chi connectivity index (χ0v) is 14.3. The molecule has 120 valence electrons. The van der Waals surface area contributed by atoms with E-state index in [-0.39, 0.29) is 12.0 Å². The molecule has 0 saturated carbocycles. The molecule has 0 amide bonds. The van der Waals surface area contributed by atoms with E-state index in [0.717, 1.165) is 19.3 Å². The lowest BCUT2D eigenvalue weighted by Crippen LogP contribution is -2.30. The molecule has 1 nitrogen and oxygen atoms in total. The van der Waals surface area contributed by atoms with Gasteiger partial charge in [0.05, 0.1) is 5.56 Å². The third-order valence-corrected chi connectivity index (χ3v) is 4.08. The zero-order chi connectivity index (χ0) is 16.0.